The lowest BCUT2D eigenvalue weighted by Crippen LogP contribution is -2.48. The molecule has 0 spiro atoms. The first-order valence-corrected chi connectivity index (χ1v) is 7.40. The Kier molecular flexibility index (Phi) is 5.10. The Morgan fingerprint density at radius 3 is 2.95 bits per heavy atom. The van der Waals surface area contributed by atoms with Gasteiger partial charge in [0.05, 0.1) is 11.5 Å². The molecule has 1 fully saturated rings. The van der Waals surface area contributed by atoms with Crippen LogP contribution < -0.4 is 15.5 Å². The fourth-order valence-electron chi connectivity index (χ4n) is 2.22. The van der Waals surface area contributed by atoms with Crippen molar-refractivity contribution in [3.05, 3.63) is 17.5 Å². The van der Waals surface area contributed by atoms with Gasteiger partial charge in [0.15, 0.2) is 5.96 Å². The van der Waals surface area contributed by atoms with E-state index in [1.54, 1.807) is 7.05 Å². The van der Waals surface area contributed by atoms with E-state index in [2.05, 4.69) is 44.0 Å². The molecule has 2 rings (SSSR count). The maximum absolute atomic E-state index is 5.24. The smallest absolute Gasteiger partial charge is 0.191 e. The van der Waals surface area contributed by atoms with Gasteiger partial charge in [0.25, 0.3) is 0 Å². The Bertz CT molecular complexity index is 439. The lowest BCUT2D eigenvalue weighted by atomic mass is 10.1. The topological polar surface area (TPSA) is 39.7 Å². The number of aliphatic imine (C=N–C) groups is 1. The number of rotatable bonds is 3. The zero-order valence-electron chi connectivity index (χ0n) is 11.2. The van der Waals surface area contributed by atoms with Gasteiger partial charge in [-0.15, -0.1) is 17.8 Å². The van der Waals surface area contributed by atoms with Crippen LogP contribution in [0, 0.1) is 12.3 Å². The first kappa shape index (κ1) is 13.8. The minimum atomic E-state index is 0.472. The number of hydrogen-bond donors (Lipinski definition) is 2. The molecule has 0 saturated carbocycles. The van der Waals surface area contributed by atoms with Crippen molar-refractivity contribution in [2.24, 2.45) is 4.99 Å². The van der Waals surface area contributed by atoms with E-state index in [9.17, 15) is 0 Å². The van der Waals surface area contributed by atoms with E-state index in [1.165, 1.54) is 5.00 Å². The van der Waals surface area contributed by atoms with Gasteiger partial charge in [0, 0.05) is 26.2 Å². The molecule has 0 radical (unpaired) electrons. The van der Waals surface area contributed by atoms with Crippen molar-refractivity contribution in [1.29, 1.82) is 0 Å². The number of nitrogens with one attached hydrogen (secondary N) is 2. The lowest BCUT2D eigenvalue weighted by molar-refractivity contribution is 0.463. The SMILES string of the molecule is C#CCNC(=NC)NC1CCN(c2cccs2)CC1. The highest BCUT2D eigenvalue weighted by Gasteiger charge is 2.20. The molecule has 4 nitrogen and oxygen atoms in total. The van der Waals surface area contributed by atoms with Crippen LogP contribution in [0.2, 0.25) is 0 Å². The maximum atomic E-state index is 5.24. The predicted molar refractivity (Wildman–Crippen MR) is 82.9 cm³/mol. The number of terminal acetylenes is 1. The number of piperidine rings is 1. The first-order valence-electron chi connectivity index (χ1n) is 6.52. The van der Waals surface area contributed by atoms with Gasteiger partial charge < -0.3 is 15.5 Å². The van der Waals surface area contributed by atoms with Crippen molar-refractivity contribution in [1.82, 2.24) is 10.6 Å². The number of thiophene rings is 1. The first-order chi connectivity index (χ1) is 9.33. The summed E-state index contributed by atoms with van der Waals surface area (Å²) in [7, 11) is 1.77. The molecule has 1 aromatic rings. The number of nitrogens with zero attached hydrogens (tertiary/aromatic N) is 2. The molecular weight excluding hydrogens is 256 g/mol. The fraction of sp³-hybridized carbons (Fsp3) is 0.500. The molecule has 2 heterocycles. The van der Waals surface area contributed by atoms with E-state index in [0.717, 1.165) is 31.9 Å². The second-order valence-electron chi connectivity index (χ2n) is 4.49. The molecule has 5 heteroatoms. The maximum Gasteiger partial charge on any atom is 0.191 e. The van der Waals surface area contributed by atoms with Crippen LogP contribution in [0.1, 0.15) is 12.8 Å². The highest BCUT2D eigenvalue weighted by molar-refractivity contribution is 7.14. The Labute approximate surface area is 118 Å². The summed E-state index contributed by atoms with van der Waals surface area (Å²) in [6.45, 7) is 2.68. The monoisotopic (exact) mass is 276 g/mol. The highest BCUT2D eigenvalue weighted by atomic mass is 32.1. The van der Waals surface area contributed by atoms with E-state index < -0.39 is 0 Å². The van der Waals surface area contributed by atoms with Crippen LogP contribution in [-0.2, 0) is 0 Å². The highest BCUT2D eigenvalue weighted by Crippen LogP contribution is 2.24. The van der Waals surface area contributed by atoms with Gasteiger partial charge in [-0.3, -0.25) is 4.99 Å². The van der Waals surface area contributed by atoms with E-state index >= 15 is 0 Å². The van der Waals surface area contributed by atoms with Gasteiger partial charge >= 0.3 is 0 Å². The Balaban J connectivity index is 1.78. The zero-order chi connectivity index (χ0) is 13.5. The van der Waals surface area contributed by atoms with Crippen LogP contribution in [0.4, 0.5) is 5.00 Å². The van der Waals surface area contributed by atoms with Gasteiger partial charge in [0.1, 0.15) is 0 Å². The molecule has 0 unspecified atom stereocenters. The number of guanidine groups is 1. The molecule has 1 aromatic heterocycles. The van der Waals surface area contributed by atoms with Gasteiger partial charge in [0.2, 0.25) is 0 Å². The summed E-state index contributed by atoms with van der Waals surface area (Å²) in [4.78, 5) is 6.62. The summed E-state index contributed by atoms with van der Waals surface area (Å²) in [6.07, 6.45) is 7.48. The quantitative estimate of drug-likeness (QED) is 0.499. The van der Waals surface area contributed by atoms with Crippen molar-refractivity contribution in [3.8, 4) is 12.3 Å². The molecule has 2 N–H and O–H groups in total. The van der Waals surface area contributed by atoms with Crippen LogP contribution in [-0.4, -0.2) is 38.7 Å². The Hall–Kier alpha value is -1.67. The summed E-state index contributed by atoms with van der Waals surface area (Å²) in [6, 6.07) is 4.77. The van der Waals surface area contributed by atoms with Crippen LogP contribution in [0.25, 0.3) is 0 Å². The lowest BCUT2D eigenvalue weighted by Gasteiger charge is -2.33. The van der Waals surface area contributed by atoms with Gasteiger partial charge in [-0.25, -0.2) is 0 Å². The Morgan fingerprint density at radius 1 is 1.58 bits per heavy atom. The Morgan fingerprint density at radius 2 is 2.37 bits per heavy atom. The molecule has 1 aliphatic heterocycles. The van der Waals surface area contributed by atoms with Gasteiger partial charge in [-0.1, -0.05) is 5.92 Å². The van der Waals surface area contributed by atoms with Crippen molar-refractivity contribution < 1.29 is 0 Å². The van der Waals surface area contributed by atoms with E-state index in [-0.39, 0.29) is 0 Å². The molecule has 0 aromatic carbocycles. The zero-order valence-corrected chi connectivity index (χ0v) is 12.0. The van der Waals surface area contributed by atoms with E-state index in [4.69, 9.17) is 6.42 Å². The molecule has 1 saturated heterocycles. The van der Waals surface area contributed by atoms with Crippen molar-refractivity contribution in [3.63, 3.8) is 0 Å². The average molecular weight is 276 g/mol. The molecule has 19 heavy (non-hydrogen) atoms. The van der Waals surface area contributed by atoms with Crippen LogP contribution >= 0.6 is 11.3 Å². The number of hydrogen-bond acceptors (Lipinski definition) is 3. The van der Waals surface area contributed by atoms with Crippen LogP contribution in [0.3, 0.4) is 0 Å². The minimum absolute atomic E-state index is 0.472. The summed E-state index contributed by atoms with van der Waals surface area (Å²) < 4.78 is 0. The molecule has 0 atom stereocenters. The molecule has 102 valence electrons. The third kappa shape index (κ3) is 3.90. The van der Waals surface area contributed by atoms with Crippen molar-refractivity contribution >= 4 is 22.3 Å². The standard InChI is InChI=1S/C14H20N4S/c1-3-8-16-14(15-2)17-12-6-9-18(10-7-12)13-5-4-11-19-13/h1,4-5,11-12H,6-10H2,2H3,(H2,15,16,17). The third-order valence-corrected chi connectivity index (χ3v) is 4.16. The predicted octanol–water partition coefficient (Wildman–Crippen LogP) is 1.52. The number of anilines is 1. The van der Waals surface area contributed by atoms with Crippen LogP contribution in [0.5, 0.6) is 0 Å². The third-order valence-electron chi connectivity index (χ3n) is 3.24. The van der Waals surface area contributed by atoms with Crippen molar-refractivity contribution in [2.75, 3.05) is 31.6 Å². The second kappa shape index (κ2) is 7.05. The molecule has 0 aliphatic carbocycles. The van der Waals surface area contributed by atoms with Gasteiger partial charge in [-0.2, -0.15) is 0 Å². The summed E-state index contributed by atoms with van der Waals surface area (Å²) in [5.74, 6) is 3.36. The second-order valence-corrected chi connectivity index (χ2v) is 5.41. The van der Waals surface area contributed by atoms with Gasteiger partial charge in [-0.05, 0) is 30.4 Å². The van der Waals surface area contributed by atoms with E-state index in [1.807, 2.05) is 11.3 Å². The average Bonchev–Trinajstić information content (AvgIpc) is 2.98. The summed E-state index contributed by atoms with van der Waals surface area (Å²) in [5, 5.41) is 10.0. The molecule has 1 aliphatic rings. The molecule has 0 bridgehead atoms. The summed E-state index contributed by atoms with van der Waals surface area (Å²) >= 11 is 1.81. The normalized spacial score (nSPS) is 17.1. The summed E-state index contributed by atoms with van der Waals surface area (Å²) in [5.41, 5.74) is 0. The van der Waals surface area contributed by atoms with Crippen LogP contribution in [0.15, 0.2) is 22.5 Å². The minimum Gasteiger partial charge on any atom is -0.363 e. The van der Waals surface area contributed by atoms with E-state index in [0.29, 0.717) is 12.6 Å². The molecule has 0 amide bonds. The van der Waals surface area contributed by atoms with Crippen molar-refractivity contribution in [2.45, 2.75) is 18.9 Å². The largest absolute Gasteiger partial charge is 0.363 e. The fourth-order valence-corrected chi connectivity index (χ4v) is 3.00. The molecular formula is C14H20N4S.